The van der Waals surface area contributed by atoms with Crippen molar-refractivity contribution in [3.8, 4) is 0 Å². The van der Waals surface area contributed by atoms with Gasteiger partial charge < -0.3 is 4.98 Å². The van der Waals surface area contributed by atoms with E-state index >= 15 is 0 Å². The SMILES string of the molecule is CC(Cc1nc2c(cnn2C2CCC(F)(F)CC2)c(=O)[nH]1)C(F)F. The molecule has 2 aromatic rings. The van der Waals surface area contributed by atoms with Gasteiger partial charge in [0.05, 0.1) is 12.2 Å². The summed E-state index contributed by atoms with van der Waals surface area (Å²) in [4.78, 5) is 18.8. The van der Waals surface area contributed by atoms with Crippen LogP contribution >= 0.6 is 0 Å². The molecule has 2 heterocycles. The van der Waals surface area contributed by atoms with Crippen LogP contribution in [-0.4, -0.2) is 32.1 Å². The number of fused-ring (bicyclic) bond motifs is 1. The van der Waals surface area contributed by atoms with Gasteiger partial charge in [0.15, 0.2) is 5.65 Å². The summed E-state index contributed by atoms with van der Waals surface area (Å²) in [6.07, 6.45) is -1.25. The number of alkyl halides is 4. The van der Waals surface area contributed by atoms with Gasteiger partial charge >= 0.3 is 0 Å². The highest BCUT2D eigenvalue weighted by atomic mass is 19.3. The van der Waals surface area contributed by atoms with Gasteiger partial charge in [-0.3, -0.25) is 4.79 Å². The molecule has 0 aromatic carbocycles. The standard InChI is InChI=1S/C15H18F4N4O/c1-8(12(16)17)6-11-21-13-10(14(24)22-11)7-20-23(13)9-2-4-15(18,19)5-3-9/h7-9,12H,2-6H2,1H3,(H,21,22,24). The van der Waals surface area contributed by atoms with E-state index in [0.29, 0.717) is 0 Å². The van der Waals surface area contributed by atoms with E-state index in [4.69, 9.17) is 0 Å². The van der Waals surface area contributed by atoms with Crippen LogP contribution in [0.1, 0.15) is 44.5 Å². The van der Waals surface area contributed by atoms with Crippen LogP contribution in [-0.2, 0) is 6.42 Å². The fraction of sp³-hybridized carbons (Fsp3) is 0.667. The molecule has 0 amide bonds. The smallest absolute Gasteiger partial charge is 0.262 e. The van der Waals surface area contributed by atoms with E-state index < -0.39 is 23.8 Å². The third kappa shape index (κ3) is 3.29. The predicted octanol–water partition coefficient (Wildman–Crippen LogP) is 3.31. The largest absolute Gasteiger partial charge is 0.310 e. The minimum atomic E-state index is -2.66. The van der Waals surface area contributed by atoms with Crippen molar-refractivity contribution in [1.82, 2.24) is 19.7 Å². The van der Waals surface area contributed by atoms with Crippen molar-refractivity contribution in [2.24, 2.45) is 5.92 Å². The Morgan fingerprint density at radius 3 is 2.67 bits per heavy atom. The molecule has 1 atom stereocenters. The van der Waals surface area contributed by atoms with Gasteiger partial charge in [0, 0.05) is 25.2 Å². The van der Waals surface area contributed by atoms with Crippen molar-refractivity contribution < 1.29 is 17.6 Å². The lowest BCUT2D eigenvalue weighted by molar-refractivity contribution is -0.0446. The molecule has 1 N–H and O–H groups in total. The highest BCUT2D eigenvalue weighted by Crippen LogP contribution is 2.38. The van der Waals surface area contributed by atoms with E-state index in [9.17, 15) is 22.4 Å². The Hall–Kier alpha value is -1.93. The summed E-state index contributed by atoms with van der Waals surface area (Å²) in [5.41, 5.74) is -0.186. The molecule has 0 saturated heterocycles. The van der Waals surface area contributed by atoms with Gasteiger partial charge in [-0.25, -0.2) is 27.2 Å². The lowest BCUT2D eigenvalue weighted by atomic mass is 9.92. The number of nitrogens with one attached hydrogen (secondary N) is 1. The molecular weight excluding hydrogens is 328 g/mol. The van der Waals surface area contributed by atoms with Crippen LogP contribution in [0.3, 0.4) is 0 Å². The fourth-order valence-corrected chi connectivity index (χ4v) is 3.01. The Balaban J connectivity index is 1.93. The van der Waals surface area contributed by atoms with Crippen LogP contribution in [0.25, 0.3) is 11.0 Å². The molecule has 3 rings (SSSR count). The molecule has 0 radical (unpaired) electrons. The molecule has 2 aromatic heterocycles. The Bertz CT molecular complexity index is 775. The summed E-state index contributed by atoms with van der Waals surface area (Å²) in [6.45, 7) is 1.37. The summed E-state index contributed by atoms with van der Waals surface area (Å²) in [7, 11) is 0. The number of rotatable bonds is 4. The number of H-pyrrole nitrogens is 1. The van der Waals surface area contributed by atoms with Crippen LogP contribution in [0.15, 0.2) is 11.0 Å². The van der Waals surface area contributed by atoms with Crippen LogP contribution in [0.4, 0.5) is 17.6 Å². The van der Waals surface area contributed by atoms with Gasteiger partial charge in [0.1, 0.15) is 11.2 Å². The first kappa shape index (κ1) is 16.9. The van der Waals surface area contributed by atoms with Crippen LogP contribution in [0.5, 0.6) is 0 Å². The summed E-state index contributed by atoms with van der Waals surface area (Å²) >= 11 is 0. The summed E-state index contributed by atoms with van der Waals surface area (Å²) in [5.74, 6) is -3.46. The molecule has 1 saturated carbocycles. The highest BCUT2D eigenvalue weighted by Gasteiger charge is 2.36. The molecule has 24 heavy (non-hydrogen) atoms. The summed E-state index contributed by atoms with van der Waals surface area (Å²) < 4.78 is 53.5. The molecule has 1 aliphatic carbocycles. The monoisotopic (exact) mass is 346 g/mol. The first-order valence-electron chi connectivity index (χ1n) is 7.89. The quantitative estimate of drug-likeness (QED) is 0.864. The molecule has 0 spiro atoms. The molecule has 9 heteroatoms. The number of hydrogen-bond donors (Lipinski definition) is 1. The van der Waals surface area contributed by atoms with Gasteiger partial charge in [0.25, 0.3) is 5.56 Å². The van der Waals surface area contributed by atoms with Crippen molar-refractivity contribution in [2.45, 2.75) is 57.4 Å². The van der Waals surface area contributed by atoms with Gasteiger partial charge in [0.2, 0.25) is 12.3 Å². The molecule has 1 aliphatic rings. The molecular formula is C15H18F4N4O. The maximum atomic E-state index is 13.3. The third-order valence-corrected chi connectivity index (χ3v) is 4.49. The molecule has 1 fully saturated rings. The Morgan fingerprint density at radius 1 is 1.38 bits per heavy atom. The van der Waals surface area contributed by atoms with Gasteiger partial charge in [-0.1, -0.05) is 6.92 Å². The molecule has 1 unspecified atom stereocenters. The molecule has 0 bridgehead atoms. The Kier molecular flexibility index (Phi) is 4.35. The van der Waals surface area contributed by atoms with E-state index in [-0.39, 0.29) is 55.0 Å². The average molecular weight is 346 g/mol. The topological polar surface area (TPSA) is 63.6 Å². The first-order chi connectivity index (χ1) is 11.3. The number of aromatic nitrogens is 4. The summed E-state index contributed by atoms with van der Waals surface area (Å²) in [6, 6.07) is -0.267. The highest BCUT2D eigenvalue weighted by molar-refractivity contribution is 5.73. The lowest BCUT2D eigenvalue weighted by Gasteiger charge is -2.28. The summed E-state index contributed by atoms with van der Waals surface area (Å²) in [5, 5.41) is 4.36. The van der Waals surface area contributed by atoms with Crippen molar-refractivity contribution in [2.75, 3.05) is 0 Å². The van der Waals surface area contributed by atoms with Crippen molar-refractivity contribution in [3.05, 3.63) is 22.4 Å². The van der Waals surface area contributed by atoms with E-state index in [1.807, 2.05) is 0 Å². The third-order valence-electron chi connectivity index (χ3n) is 4.49. The average Bonchev–Trinajstić information content (AvgIpc) is 2.91. The van der Waals surface area contributed by atoms with E-state index in [1.165, 1.54) is 17.8 Å². The van der Waals surface area contributed by atoms with E-state index in [1.54, 1.807) is 0 Å². The van der Waals surface area contributed by atoms with Crippen LogP contribution in [0, 0.1) is 5.92 Å². The fourth-order valence-electron chi connectivity index (χ4n) is 3.01. The predicted molar refractivity (Wildman–Crippen MR) is 79.5 cm³/mol. The first-order valence-corrected chi connectivity index (χ1v) is 7.89. The maximum absolute atomic E-state index is 13.3. The second-order valence-electron chi connectivity index (χ2n) is 6.44. The zero-order valence-corrected chi connectivity index (χ0v) is 13.1. The number of nitrogens with zero attached hydrogens (tertiary/aromatic N) is 3. The number of halogens is 4. The normalized spacial score (nSPS) is 19.9. The number of aromatic amines is 1. The Morgan fingerprint density at radius 2 is 2.04 bits per heavy atom. The second-order valence-corrected chi connectivity index (χ2v) is 6.44. The molecule has 0 aliphatic heterocycles. The van der Waals surface area contributed by atoms with E-state index in [2.05, 4.69) is 15.1 Å². The zero-order chi connectivity index (χ0) is 17.5. The maximum Gasteiger partial charge on any atom is 0.262 e. The van der Waals surface area contributed by atoms with Crippen molar-refractivity contribution in [3.63, 3.8) is 0 Å². The van der Waals surface area contributed by atoms with Crippen molar-refractivity contribution >= 4 is 11.0 Å². The minimum Gasteiger partial charge on any atom is -0.310 e. The number of hydrogen-bond acceptors (Lipinski definition) is 3. The van der Waals surface area contributed by atoms with Gasteiger partial charge in [-0.2, -0.15) is 5.10 Å². The molecule has 5 nitrogen and oxygen atoms in total. The Labute approximate surface area is 135 Å². The van der Waals surface area contributed by atoms with Crippen LogP contribution < -0.4 is 5.56 Å². The van der Waals surface area contributed by atoms with Crippen molar-refractivity contribution in [1.29, 1.82) is 0 Å². The minimum absolute atomic E-state index is 0.0727. The van der Waals surface area contributed by atoms with Crippen LogP contribution in [0.2, 0.25) is 0 Å². The molecule has 132 valence electrons. The van der Waals surface area contributed by atoms with Gasteiger partial charge in [-0.05, 0) is 12.8 Å². The van der Waals surface area contributed by atoms with Gasteiger partial charge in [-0.15, -0.1) is 0 Å². The second kappa shape index (κ2) is 6.18. The zero-order valence-electron chi connectivity index (χ0n) is 13.1. The lowest BCUT2D eigenvalue weighted by Crippen LogP contribution is -2.27. The van der Waals surface area contributed by atoms with E-state index in [0.717, 1.165) is 0 Å².